The minimum atomic E-state index is -0.179. The minimum Gasteiger partial charge on any atom is -0.507 e. The third-order valence-electron chi connectivity index (χ3n) is 13.4. The van der Waals surface area contributed by atoms with E-state index in [2.05, 4.69) is 106 Å². The molecule has 0 atom stereocenters. The average molecular weight is 990 g/mol. The Kier molecular flexibility index (Phi) is 12.6. The van der Waals surface area contributed by atoms with Crippen LogP contribution in [0.25, 0.3) is 57.7 Å². The molecule has 0 radical (unpaired) electrons. The number of H-pyrrole nitrogens is 4. The van der Waals surface area contributed by atoms with Crippen molar-refractivity contribution >= 4 is 80.8 Å². The van der Waals surface area contributed by atoms with E-state index < -0.39 is 0 Å². The van der Waals surface area contributed by atoms with Crippen LogP contribution < -0.4 is 32.0 Å². The quantitative estimate of drug-likeness (QED) is 0.0434. The number of pyridine rings is 1. The summed E-state index contributed by atoms with van der Waals surface area (Å²) in [6.45, 7) is 15.9. The van der Waals surface area contributed by atoms with Gasteiger partial charge in [0.2, 0.25) is 5.91 Å². The van der Waals surface area contributed by atoms with Crippen molar-refractivity contribution < 1.29 is 14.7 Å². The first kappa shape index (κ1) is 44.6. The summed E-state index contributed by atoms with van der Waals surface area (Å²) in [5.74, 6) is 0.0407. The standard InChI is InChI=1S/C55H56IN7O3/c1-7-35-30(3)42-27-44-32(5)37(52(61-44)40-26-49(64)51-33(6)45(62-54(40)51)29-47-36(8-2)31(4)43(60-47)28-46(35)59-42)21-22-50(65)57-23-15-9-10-16-24-58-55(66)48-25-34-17-11-12-18-38(34)53(63-48)39-19-13-14-20-41(39)56/h7,11-14,17-20,25-29,59-62,64H,1,8-10,15-16,21-24H2,2-6H3,(H,57,65)(H,58,66)/b42-27?,43-28-,44-27-,45-29?,46-28?,47-29-,52-40-. The number of aromatic nitrogens is 5. The van der Waals surface area contributed by atoms with Crippen LogP contribution >= 0.6 is 22.6 Å². The summed E-state index contributed by atoms with van der Waals surface area (Å²) >= 11 is 2.32. The highest BCUT2D eigenvalue weighted by Gasteiger charge is 2.27. The molecule has 7 aromatic rings. The zero-order valence-electron chi connectivity index (χ0n) is 38.2. The maximum atomic E-state index is 13.4. The first-order chi connectivity index (χ1) is 31.9. The predicted octanol–water partition coefficient (Wildman–Crippen LogP) is 8.21. The number of allylic oxidation sites excluding steroid dienone is 1. The van der Waals surface area contributed by atoms with Crippen molar-refractivity contribution in [3.63, 3.8) is 0 Å². The van der Waals surface area contributed by atoms with Crippen molar-refractivity contribution in [2.24, 2.45) is 0 Å². The molecule has 0 spiro atoms. The molecule has 7 N–H and O–H groups in total. The molecule has 6 heterocycles. The van der Waals surface area contributed by atoms with Gasteiger partial charge in [-0.1, -0.05) is 74.9 Å². The SMILES string of the molecule is C=Cc1c2[nH]c(c1C)/C=c1\[nH]/c(c(CCC(=O)NCCCCCCNC(=O)c3cc4ccccc4c(-c4ccccc4I)n3)c1C)=C1/C=C(O)c3c1[nH]c(c3C)/C=c1\[nH]/c(c(C)c1CC)=C\2. The molecule has 0 saturated carbocycles. The molecule has 5 aromatic heterocycles. The van der Waals surface area contributed by atoms with Crippen LogP contribution in [0.5, 0.6) is 0 Å². The summed E-state index contributed by atoms with van der Waals surface area (Å²) in [6.07, 6.45) is 15.5. The number of rotatable bonds is 14. The fourth-order valence-electron chi connectivity index (χ4n) is 9.73. The molecule has 2 aliphatic rings. The Labute approximate surface area is 398 Å². The van der Waals surface area contributed by atoms with E-state index in [1.54, 1.807) is 0 Å². The van der Waals surface area contributed by atoms with Gasteiger partial charge in [-0.25, -0.2) is 4.98 Å². The van der Waals surface area contributed by atoms with Crippen molar-refractivity contribution in [1.82, 2.24) is 35.6 Å². The second kappa shape index (κ2) is 18.7. The molecule has 0 saturated heterocycles. The summed E-state index contributed by atoms with van der Waals surface area (Å²) < 4.78 is 1.08. The Bertz CT molecular complexity index is 3390. The van der Waals surface area contributed by atoms with Gasteiger partial charge in [-0.3, -0.25) is 9.59 Å². The topological polar surface area (TPSA) is 154 Å². The van der Waals surface area contributed by atoms with Crippen molar-refractivity contribution in [3.05, 3.63) is 165 Å². The zero-order chi connectivity index (χ0) is 46.2. The Morgan fingerprint density at radius 1 is 0.758 bits per heavy atom. The van der Waals surface area contributed by atoms with Crippen LogP contribution in [-0.4, -0.2) is 54.9 Å². The van der Waals surface area contributed by atoms with E-state index in [0.717, 1.165) is 141 Å². The van der Waals surface area contributed by atoms with E-state index in [0.29, 0.717) is 31.6 Å². The molecule has 2 amide bonds. The van der Waals surface area contributed by atoms with E-state index in [-0.39, 0.29) is 17.6 Å². The number of carbonyl (C=O) groups excluding carboxylic acids is 2. The van der Waals surface area contributed by atoms with Gasteiger partial charge < -0.3 is 35.7 Å². The highest BCUT2D eigenvalue weighted by molar-refractivity contribution is 14.1. The maximum absolute atomic E-state index is 13.4. The monoisotopic (exact) mass is 989 g/mol. The first-order valence-electron chi connectivity index (χ1n) is 23.0. The van der Waals surface area contributed by atoms with Crippen LogP contribution in [-0.2, 0) is 17.6 Å². The molecular formula is C55H56IN7O3. The molecule has 0 unspecified atom stereocenters. The molecule has 1 aliphatic heterocycles. The fraction of sp³-hybridized carbons (Fsp3) is 0.255. The van der Waals surface area contributed by atoms with E-state index in [4.69, 9.17) is 4.98 Å². The number of aliphatic hydroxyl groups is 1. The molecule has 8 bridgehead atoms. The number of aromatic amines is 4. The largest absolute Gasteiger partial charge is 0.507 e. The Morgan fingerprint density at radius 3 is 2.21 bits per heavy atom. The van der Waals surface area contributed by atoms with E-state index in [1.807, 2.05) is 73.7 Å². The number of nitrogens with one attached hydrogen (secondary N) is 6. The number of hydrogen-bond acceptors (Lipinski definition) is 4. The van der Waals surface area contributed by atoms with Gasteiger partial charge in [0.15, 0.2) is 0 Å². The summed E-state index contributed by atoms with van der Waals surface area (Å²) in [6, 6.07) is 18.0. The Balaban J connectivity index is 0.873. The summed E-state index contributed by atoms with van der Waals surface area (Å²) in [5, 5.41) is 23.5. The summed E-state index contributed by atoms with van der Waals surface area (Å²) in [7, 11) is 0. The molecule has 2 aromatic carbocycles. The fourth-order valence-corrected chi connectivity index (χ4v) is 10.4. The number of hydrogen-bond donors (Lipinski definition) is 7. The third kappa shape index (κ3) is 8.40. The number of carbonyl (C=O) groups is 2. The number of halogens is 1. The smallest absolute Gasteiger partial charge is 0.269 e. The highest BCUT2D eigenvalue weighted by atomic mass is 127. The van der Waals surface area contributed by atoms with Gasteiger partial charge in [0.25, 0.3) is 5.91 Å². The second-order valence-electron chi connectivity index (χ2n) is 17.5. The van der Waals surface area contributed by atoms with Gasteiger partial charge in [-0.05, 0) is 151 Å². The van der Waals surface area contributed by atoms with Crippen LogP contribution in [0.4, 0.5) is 0 Å². The molecule has 9 rings (SSSR count). The van der Waals surface area contributed by atoms with E-state index >= 15 is 0 Å². The molecule has 0 fully saturated rings. The predicted molar refractivity (Wildman–Crippen MR) is 276 cm³/mol. The zero-order valence-corrected chi connectivity index (χ0v) is 40.4. The minimum absolute atomic E-state index is 0.00328. The van der Waals surface area contributed by atoms with E-state index in [9.17, 15) is 14.7 Å². The van der Waals surface area contributed by atoms with Gasteiger partial charge >= 0.3 is 0 Å². The van der Waals surface area contributed by atoms with Crippen LogP contribution in [0.2, 0.25) is 0 Å². The molecule has 11 heteroatoms. The van der Waals surface area contributed by atoms with Crippen LogP contribution in [0.15, 0.2) is 67.3 Å². The van der Waals surface area contributed by atoms with Gasteiger partial charge in [-0.15, -0.1) is 0 Å². The number of amides is 2. The Hall–Kier alpha value is -6.60. The first-order valence-corrected chi connectivity index (χ1v) is 24.1. The summed E-state index contributed by atoms with van der Waals surface area (Å²) in [4.78, 5) is 46.3. The van der Waals surface area contributed by atoms with Crippen LogP contribution in [0.1, 0.15) is 117 Å². The van der Waals surface area contributed by atoms with E-state index in [1.165, 1.54) is 11.1 Å². The number of fused-ring (bicyclic) bond motifs is 8. The molecule has 66 heavy (non-hydrogen) atoms. The molecule has 10 nitrogen and oxygen atoms in total. The number of unbranched alkanes of at least 4 members (excludes halogenated alkanes) is 3. The second-order valence-corrected chi connectivity index (χ2v) is 18.7. The van der Waals surface area contributed by atoms with Crippen LogP contribution in [0.3, 0.4) is 0 Å². The van der Waals surface area contributed by atoms with Gasteiger partial charge in [0.05, 0.1) is 16.7 Å². The normalized spacial score (nSPS) is 15.1. The molecule has 1 aliphatic carbocycles. The lowest BCUT2D eigenvalue weighted by Gasteiger charge is -2.11. The van der Waals surface area contributed by atoms with Gasteiger partial charge in [0, 0.05) is 83.9 Å². The summed E-state index contributed by atoms with van der Waals surface area (Å²) in [5.41, 5.74) is 15.3. The maximum Gasteiger partial charge on any atom is 0.269 e. The number of nitrogens with zero attached hydrogens (tertiary/aromatic N) is 1. The van der Waals surface area contributed by atoms with Crippen molar-refractivity contribution in [2.45, 2.75) is 79.6 Å². The van der Waals surface area contributed by atoms with Gasteiger partial charge in [0.1, 0.15) is 11.5 Å². The Morgan fingerprint density at radius 2 is 1.44 bits per heavy atom. The lowest BCUT2D eigenvalue weighted by Crippen LogP contribution is -2.26. The number of aliphatic hydroxyl groups excluding tert-OH is 1. The van der Waals surface area contributed by atoms with Crippen LogP contribution in [0, 0.1) is 31.3 Å². The lowest BCUT2D eigenvalue weighted by atomic mass is 10.0. The molecule has 336 valence electrons. The highest BCUT2D eigenvalue weighted by Crippen LogP contribution is 2.36. The van der Waals surface area contributed by atoms with Crippen molar-refractivity contribution in [2.75, 3.05) is 13.1 Å². The number of benzene rings is 2. The van der Waals surface area contributed by atoms with Crippen molar-refractivity contribution in [1.29, 1.82) is 0 Å². The van der Waals surface area contributed by atoms with Gasteiger partial charge in [-0.2, -0.15) is 0 Å². The third-order valence-corrected chi connectivity index (χ3v) is 14.4. The average Bonchev–Trinajstić information content (AvgIpc) is 4.07. The van der Waals surface area contributed by atoms with Crippen molar-refractivity contribution in [3.8, 4) is 11.3 Å². The molecular weight excluding hydrogens is 934 g/mol. The lowest BCUT2D eigenvalue weighted by molar-refractivity contribution is -0.121.